The molecule has 0 bridgehead atoms. The Hall–Kier alpha value is -1.76. The van der Waals surface area contributed by atoms with Gasteiger partial charge in [0.05, 0.1) is 0 Å². The largest absolute Gasteiger partial charge is 0.477 e. The number of rotatable bonds is 5. The summed E-state index contributed by atoms with van der Waals surface area (Å²) in [6.07, 6.45) is 9.07. The first-order valence-electron chi connectivity index (χ1n) is 4.44. The highest BCUT2D eigenvalue weighted by Crippen LogP contribution is 2.02. The minimum Gasteiger partial charge on any atom is -0.477 e. The summed E-state index contributed by atoms with van der Waals surface area (Å²) < 4.78 is 1.48. The van der Waals surface area contributed by atoms with E-state index in [2.05, 4.69) is 11.0 Å². The zero-order chi connectivity index (χ0) is 10.4. The maximum atomic E-state index is 10.7. The lowest BCUT2D eigenvalue weighted by Gasteiger charge is -2.02. The first kappa shape index (κ1) is 10.3. The summed E-state index contributed by atoms with van der Waals surface area (Å²) in [5, 5.41) is 12.7. The molecule has 1 aromatic rings. The third-order valence-corrected chi connectivity index (χ3v) is 1.88. The van der Waals surface area contributed by atoms with E-state index >= 15 is 0 Å². The molecule has 0 spiro atoms. The van der Waals surface area contributed by atoms with Crippen molar-refractivity contribution in [3.05, 3.63) is 18.0 Å². The maximum absolute atomic E-state index is 10.7. The predicted octanol–water partition coefficient (Wildman–Crippen LogP) is 1.38. The molecule has 1 N–H and O–H groups in total. The third kappa shape index (κ3) is 2.63. The molecule has 0 saturated carbocycles. The van der Waals surface area contributed by atoms with Gasteiger partial charge in [0.2, 0.25) is 0 Å². The van der Waals surface area contributed by atoms with Crippen molar-refractivity contribution in [3.63, 3.8) is 0 Å². The molecule has 4 nitrogen and oxygen atoms in total. The van der Waals surface area contributed by atoms with E-state index in [1.165, 1.54) is 16.9 Å². The molecule has 0 atom stereocenters. The first-order chi connectivity index (χ1) is 6.75. The second-order valence-electron chi connectivity index (χ2n) is 2.91. The van der Waals surface area contributed by atoms with Crippen molar-refractivity contribution in [2.75, 3.05) is 0 Å². The number of aromatic nitrogens is 2. The SMILES string of the molecule is C#CCCCCn1nccc1C(=O)O. The van der Waals surface area contributed by atoms with E-state index in [0.717, 1.165) is 19.3 Å². The summed E-state index contributed by atoms with van der Waals surface area (Å²) in [6, 6.07) is 1.49. The van der Waals surface area contributed by atoms with Gasteiger partial charge in [-0.05, 0) is 18.9 Å². The predicted molar refractivity (Wildman–Crippen MR) is 51.9 cm³/mol. The van der Waals surface area contributed by atoms with Gasteiger partial charge in [-0.2, -0.15) is 5.10 Å². The second-order valence-corrected chi connectivity index (χ2v) is 2.91. The molecule has 0 aliphatic heterocycles. The fourth-order valence-electron chi connectivity index (χ4n) is 1.18. The number of hydrogen-bond donors (Lipinski definition) is 1. The van der Waals surface area contributed by atoms with Gasteiger partial charge in [0.25, 0.3) is 0 Å². The van der Waals surface area contributed by atoms with Crippen molar-refractivity contribution in [3.8, 4) is 12.3 Å². The van der Waals surface area contributed by atoms with Crippen LogP contribution in [0.1, 0.15) is 29.8 Å². The Balaban J connectivity index is 2.47. The highest BCUT2D eigenvalue weighted by molar-refractivity contribution is 5.85. The van der Waals surface area contributed by atoms with Gasteiger partial charge < -0.3 is 5.11 Å². The molecule has 1 aromatic heterocycles. The minimum atomic E-state index is -0.945. The van der Waals surface area contributed by atoms with Crippen molar-refractivity contribution in [1.29, 1.82) is 0 Å². The quantitative estimate of drug-likeness (QED) is 0.566. The Kier molecular flexibility index (Phi) is 3.74. The number of hydrogen-bond acceptors (Lipinski definition) is 2. The van der Waals surface area contributed by atoms with Crippen LogP contribution in [0.4, 0.5) is 0 Å². The van der Waals surface area contributed by atoms with Crippen LogP contribution in [-0.4, -0.2) is 20.9 Å². The number of unbranched alkanes of at least 4 members (excludes halogenated alkanes) is 2. The van der Waals surface area contributed by atoms with E-state index in [1.54, 1.807) is 0 Å². The monoisotopic (exact) mass is 192 g/mol. The average Bonchev–Trinajstić information content (AvgIpc) is 2.60. The molecular weight excluding hydrogens is 180 g/mol. The standard InChI is InChI=1S/C10H12N2O2/c1-2-3-4-5-8-12-9(10(13)14)6-7-11-12/h1,6-7H,3-5,8H2,(H,13,14). The Morgan fingerprint density at radius 2 is 2.43 bits per heavy atom. The van der Waals surface area contributed by atoms with Gasteiger partial charge in [0.1, 0.15) is 5.69 Å². The molecular formula is C10H12N2O2. The lowest BCUT2D eigenvalue weighted by Crippen LogP contribution is -2.09. The van der Waals surface area contributed by atoms with E-state index in [-0.39, 0.29) is 5.69 Å². The highest BCUT2D eigenvalue weighted by atomic mass is 16.4. The molecule has 0 aliphatic rings. The highest BCUT2D eigenvalue weighted by Gasteiger charge is 2.08. The third-order valence-electron chi connectivity index (χ3n) is 1.88. The van der Waals surface area contributed by atoms with Crippen molar-refractivity contribution < 1.29 is 9.90 Å². The Labute approximate surface area is 82.5 Å². The van der Waals surface area contributed by atoms with E-state index in [4.69, 9.17) is 11.5 Å². The summed E-state index contributed by atoms with van der Waals surface area (Å²) in [6.45, 7) is 0.607. The molecule has 0 fully saturated rings. The number of carbonyl (C=O) groups is 1. The molecule has 0 radical (unpaired) electrons. The number of aryl methyl sites for hydroxylation is 1. The van der Waals surface area contributed by atoms with Crippen LogP contribution >= 0.6 is 0 Å². The van der Waals surface area contributed by atoms with Gasteiger partial charge in [-0.3, -0.25) is 4.68 Å². The minimum absolute atomic E-state index is 0.228. The number of aromatic carboxylic acids is 1. The first-order valence-corrected chi connectivity index (χ1v) is 4.44. The van der Waals surface area contributed by atoms with E-state index < -0.39 is 5.97 Å². The molecule has 1 rings (SSSR count). The van der Waals surface area contributed by atoms with Crippen LogP contribution in [0.3, 0.4) is 0 Å². The van der Waals surface area contributed by atoms with E-state index in [9.17, 15) is 4.79 Å². The van der Waals surface area contributed by atoms with Gasteiger partial charge in [0.15, 0.2) is 0 Å². The maximum Gasteiger partial charge on any atom is 0.354 e. The second kappa shape index (κ2) is 5.07. The molecule has 0 unspecified atom stereocenters. The van der Waals surface area contributed by atoms with Gasteiger partial charge in [-0.15, -0.1) is 12.3 Å². The van der Waals surface area contributed by atoms with Crippen LogP contribution in [0.25, 0.3) is 0 Å². The van der Waals surface area contributed by atoms with Gasteiger partial charge in [-0.25, -0.2) is 4.79 Å². The average molecular weight is 192 g/mol. The fraction of sp³-hybridized carbons (Fsp3) is 0.400. The van der Waals surface area contributed by atoms with Crippen LogP contribution in [0.5, 0.6) is 0 Å². The summed E-state index contributed by atoms with van der Waals surface area (Å²) in [5.41, 5.74) is 0.228. The zero-order valence-corrected chi connectivity index (χ0v) is 7.81. The normalized spacial score (nSPS) is 9.64. The number of carboxylic acid groups (broad SMARTS) is 1. The number of nitrogens with zero attached hydrogens (tertiary/aromatic N) is 2. The van der Waals surface area contributed by atoms with Crippen LogP contribution in [0.15, 0.2) is 12.3 Å². The van der Waals surface area contributed by atoms with Gasteiger partial charge in [-0.1, -0.05) is 0 Å². The number of terminal acetylenes is 1. The molecule has 14 heavy (non-hydrogen) atoms. The van der Waals surface area contributed by atoms with Crippen LogP contribution < -0.4 is 0 Å². The van der Waals surface area contributed by atoms with Crippen molar-refractivity contribution in [1.82, 2.24) is 9.78 Å². The lowest BCUT2D eigenvalue weighted by molar-refractivity contribution is 0.0683. The molecule has 0 amide bonds. The molecule has 74 valence electrons. The van der Waals surface area contributed by atoms with Crippen molar-refractivity contribution in [2.24, 2.45) is 0 Å². The molecule has 1 heterocycles. The summed E-state index contributed by atoms with van der Waals surface area (Å²) in [5.74, 6) is 1.59. The van der Waals surface area contributed by atoms with E-state index in [1.807, 2.05) is 0 Å². The smallest absolute Gasteiger partial charge is 0.354 e. The molecule has 4 heteroatoms. The molecule has 0 aliphatic carbocycles. The fourth-order valence-corrected chi connectivity index (χ4v) is 1.18. The molecule has 0 aromatic carbocycles. The van der Waals surface area contributed by atoms with Crippen molar-refractivity contribution in [2.45, 2.75) is 25.8 Å². The summed E-state index contributed by atoms with van der Waals surface area (Å²) in [7, 11) is 0. The van der Waals surface area contributed by atoms with E-state index in [0.29, 0.717) is 6.54 Å². The lowest BCUT2D eigenvalue weighted by atomic mass is 10.2. The van der Waals surface area contributed by atoms with Crippen molar-refractivity contribution >= 4 is 5.97 Å². The summed E-state index contributed by atoms with van der Waals surface area (Å²) in [4.78, 5) is 10.7. The van der Waals surface area contributed by atoms with Gasteiger partial charge in [0, 0.05) is 19.2 Å². The zero-order valence-electron chi connectivity index (χ0n) is 7.81. The van der Waals surface area contributed by atoms with Crippen LogP contribution in [0.2, 0.25) is 0 Å². The number of carboxylic acids is 1. The summed E-state index contributed by atoms with van der Waals surface area (Å²) >= 11 is 0. The van der Waals surface area contributed by atoms with Crippen LogP contribution in [0, 0.1) is 12.3 Å². The molecule has 0 saturated heterocycles. The topological polar surface area (TPSA) is 55.1 Å². The van der Waals surface area contributed by atoms with Crippen LogP contribution in [-0.2, 0) is 6.54 Å². The Morgan fingerprint density at radius 1 is 1.64 bits per heavy atom. The Bertz CT molecular complexity index is 349. The Morgan fingerprint density at radius 3 is 3.07 bits per heavy atom. The van der Waals surface area contributed by atoms with Gasteiger partial charge >= 0.3 is 5.97 Å².